The molecule has 292 valence electrons. The van der Waals surface area contributed by atoms with Gasteiger partial charge in [0, 0.05) is 32.4 Å². The maximum atomic E-state index is 14.4. The summed E-state index contributed by atoms with van der Waals surface area (Å²) >= 11 is 0. The van der Waals surface area contributed by atoms with Gasteiger partial charge in [-0.1, -0.05) is 93.9 Å². The summed E-state index contributed by atoms with van der Waals surface area (Å²) in [6, 6.07) is 24.5. The topological polar surface area (TPSA) is 169 Å². The first-order chi connectivity index (χ1) is 26.4. The minimum atomic E-state index is -4.08. The molecular weight excluding hydrogens is 719 g/mol. The summed E-state index contributed by atoms with van der Waals surface area (Å²) in [7, 11) is -4.08. The van der Waals surface area contributed by atoms with Gasteiger partial charge in [-0.3, -0.25) is 9.78 Å². The van der Waals surface area contributed by atoms with Gasteiger partial charge in [0.05, 0.1) is 46.9 Å². The number of oxime groups is 1. The number of urea groups is 1. The molecule has 4 atom stereocenters. The minimum absolute atomic E-state index is 0.0201. The standard InChI is InChI=1S/C41H51N7O6S/c1-5-30(4)39(48-23-22-46(41(48)51)27-33-14-11-16-36(44-33)35-15-9-10-21-42-35)40(50)45-37(24-31-12-7-6-8-13-31)38(49)28-47(26-29(2)3)55(53,54)34-19-17-32(18-20-34)25-43-52/h6-21,25,29-30,37-39,49,52H,5,22-24,26-28H2,1-4H3,(H,45,50)/b43-25+/t30?,37-,38+,39?/m0/s1. The fraction of sp³-hybridized carbons (Fsp3) is 0.390. The van der Waals surface area contributed by atoms with Crippen LogP contribution in [-0.2, 0) is 27.8 Å². The Labute approximate surface area is 323 Å². The molecule has 2 unspecified atom stereocenters. The first-order valence-electron chi connectivity index (χ1n) is 18.6. The predicted molar refractivity (Wildman–Crippen MR) is 211 cm³/mol. The van der Waals surface area contributed by atoms with Crippen LogP contribution in [0.1, 0.15) is 50.9 Å². The van der Waals surface area contributed by atoms with E-state index in [1.165, 1.54) is 34.8 Å². The normalized spacial score (nSPS) is 15.8. The third-order valence-electron chi connectivity index (χ3n) is 9.78. The minimum Gasteiger partial charge on any atom is -0.411 e. The van der Waals surface area contributed by atoms with Crippen molar-refractivity contribution in [3.8, 4) is 11.4 Å². The van der Waals surface area contributed by atoms with Crippen LogP contribution in [0.2, 0.25) is 0 Å². The third-order valence-corrected chi connectivity index (χ3v) is 11.6. The zero-order valence-electron chi connectivity index (χ0n) is 31.8. The van der Waals surface area contributed by atoms with Crippen LogP contribution in [-0.4, -0.2) is 105 Å². The van der Waals surface area contributed by atoms with Gasteiger partial charge in [0.2, 0.25) is 15.9 Å². The lowest BCUT2D eigenvalue weighted by Gasteiger charge is -2.35. The van der Waals surface area contributed by atoms with Crippen LogP contribution in [0.25, 0.3) is 11.4 Å². The number of hydrogen-bond donors (Lipinski definition) is 3. The van der Waals surface area contributed by atoms with Gasteiger partial charge in [0.1, 0.15) is 6.04 Å². The number of aromatic nitrogens is 2. The van der Waals surface area contributed by atoms with E-state index in [2.05, 4.69) is 15.5 Å². The number of carbonyl (C=O) groups is 2. The van der Waals surface area contributed by atoms with Crippen molar-refractivity contribution in [2.45, 2.75) is 70.2 Å². The van der Waals surface area contributed by atoms with Crippen molar-refractivity contribution in [2.24, 2.45) is 17.0 Å². The number of sulfonamides is 1. The highest BCUT2D eigenvalue weighted by molar-refractivity contribution is 7.89. The van der Waals surface area contributed by atoms with E-state index in [-0.39, 0.29) is 48.8 Å². The van der Waals surface area contributed by atoms with Gasteiger partial charge >= 0.3 is 6.03 Å². The quantitative estimate of drug-likeness (QED) is 0.0719. The number of aliphatic hydroxyl groups is 1. The molecule has 14 heteroatoms. The summed E-state index contributed by atoms with van der Waals surface area (Å²) in [5.41, 5.74) is 3.49. The number of pyridine rings is 2. The summed E-state index contributed by atoms with van der Waals surface area (Å²) in [6.45, 7) is 8.50. The Morgan fingerprint density at radius 2 is 1.65 bits per heavy atom. The zero-order chi connectivity index (χ0) is 39.5. The number of benzene rings is 2. The molecule has 5 rings (SSSR count). The Morgan fingerprint density at radius 1 is 0.945 bits per heavy atom. The predicted octanol–water partition coefficient (Wildman–Crippen LogP) is 5.04. The van der Waals surface area contributed by atoms with Crippen LogP contribution < -0.4 is 5.32 Å². The smallest absolute Gasteiger partial charge is 0.321 e. The van der Waals surface area contributed by atoms with Crippen LogP contribution in [0, 0.1) is 11.8 Å². The monoisotopic (exact) mass is 769 g/mol. The lowest BCUT2D eigenvalue weighted by Crippen LogP contribution is -2.57. The zero-order valence-corrected chi connectivity index (χ0v) is 32.6. The van der Waals surface area contributed by atoms with E-state index in [0.717, 1.165) is 11.3 Å². The number of hydrogen-bond acceptors (Lipinski definition) is 9. The number of aliphatic hydroxyl groups excluding tert-OH is 1. The molecule has 0 bridgehead atoms. The van der Waals surface area contributed by atoms with E-state index in [1.807, 2.05) is 94.4 Å². The molecular formula is C41H51N7O6S. The summed E-state index contributed by atoms with van der Waals surface area (Å²) < 4.78 is 29.2. The van der Waals surface area contributed by atoms with E-state index in [0.29, 0.717) is 36.5 Å². The molecule has 2 aromatic carbocycles. The molecule has 13 nitrogen and oxygen atoms in total. The fourth-order valence-corrected chi connectivity index (χ4v) is 8.35. The highest BCUT2D eigenvalue weighted by Gasteiger charge is 2.41. The average molecular weight is 770 g/mol. The Balaban J connectivity index is 1.36. The number of amides is 3. The molecule has 3 amide bonds. The maximum absolute atomic E-state index is 14.4. The van der Waals surface area contributed by atoms with Crippen molar-refractivity contribution in [3.05, 3.63) is 114 Å². The number of rotatable bonds is 18. The number of carbonyl (C=O) groups excluding carboxylic acids is 2. The molecule has 1 saturated heterocycles. The van der Waals surface area contributed by atoms with Gasteiger partial charge < -0.3 is 25.4 Å². The molecule has 3 heterocycles. The Bertz CT molecular complexity index is 2000. The Morgan fingerprint density at radius 3 is 2.31 bits per heavy atom. The van der Waals surface area contributed by atoms with Crippen molar-refractivity contribution in [3.63, 3.8) is 0 Å². The van der Waals surface area contributed by atoms with E-state index in [1.54, 1.807) is 16.0 Å². The van der Waals surface area contributed by atoms with Gasteiger partial charge in [0.15, 0.2) is 0 Å². The second-order valence-electron chi connectivity index (χ2n) is 14.4. The van der Waals surface area contributed by atoms with Crippen LogP contribution in [0.3, 0.4) is 0 Å². The van der Waals surface area contributed by atoms with Crippen molar-refractivity contribution in [2.75, 3.05) is 26.2 Å². The fourth-order valence-electron chi connectivity index (χ4n) is 6.73. The van der Waals surface area contributed by atoms with Crippen LogP contribution >= 0.6 is 0 Å². The van der Waals surface area contributed by atoms with Crippen molar-refractivity contribution >= 4 is 28.2 Å². The lowest BCUT2D eigenvalue weighted by atomic mass is 9.95. The van der Waals surface area contributed by atoms with Crippen LogP contribution in [0.15, 0.2) is 107 Å². The number of nitrogens with zero attached hydrogens (tertiary/aromatic N) is 6. The second kappa shape index (κ2) is 18.9. The molecule has 3 N–H and O–H groups in total. The van der Waals surface area contributed by atoms with Crippen molar-refractivity contribution in [1.29, 1.82) is 0 Å². The van der Waals surface area contributed by atoms with E-state index in [9.17, 15) is 23.1 Å². The molecule has 1 fully saturated rings. The first-order valence-corrected chi connectivity index (χ1v) is 20.1. The Kier molecular flexibility index (Phi) is 14.1. The highest BCUT2D eigenvalue weighted by atomic mass is 32.2. The lowest BCUT2D eigenvalue weighted by molar-refractivity contribution is -0.128. The van der Waals surface area contributed by atoms with Crippen LogP contribution in [0.5, 0.6) is 0 Å². The largest absolute Gasteiger partial charge is 0.411 e. The molecule has 0 aliphatic carbocycles. The first kappa shape index (κ1) is 41.0. The Hall–Kier alpha value is -5.18. The molecule has 1 aliphatic heterocycles. The number of nitrogens with one attached hydrogen (secondary N) is 1. The molecule has 1 aliphatic rings. The van der Waals surface area contributed by atoms with Crippen LogP contribution in [0.4, 0.5) is 4.79 Å². The summed E-state index contributed by atoms with van der Waals surface area (Å²) in [4.78, 5) is 40.8. The molecule has 4 aromatic rings. The van der Waals surface area contributed by atoms with Gasteiger partial charge in [-0.05, 0) is 65.8 Å². The molecule has 2 aromatic heterocycles. The molecule has 55 heavy (non-hydrogen) atoms. The van der Waals surface area contributed by atoms with Crippen molar-refractivity contribution in [1.82, 2.24) is 29.4 Å². The second-order valence-corrected chi connectivity index (χ2v) is 16.3. The maximum Gasteiger partial charge on any atom is 0.321 e. The van der Waals surface area contributed by atoms with Gasteiger partial charge in [-0.25, -0.2) is 18.2 Å². The van der Waals surface area contributed by atoms with Gasteiger partial charge in [-0.2, -0.15) is 4.31 Å². The average Bonchev–Trinajstić information content (AvgIpc) is 3.53. The highest BCUT2D eigenvalue weighted by Crippen LogP contribution is 2.25. The SMILES string of the molecule is CCC(C)C(C(=O)N[C@@H](Cc1ccccc1)[C@H](O)CN(CC(C)C)S(=O)(=O)c1ccc(/C=N/O)cc1)N1CCN(Cc2cccc(-c3ccccn3)n2)C1=O. The van der Waals surface area contributed by atoms with Gasteiger partial charge in [0.25, 0.3) is 0 Å². The van der Waals surface area contributed by atoms with Gasteiger partial charge in [-0.15, -0.1) is 0 Å². The molecule has 0 saturated carbocycles. The molecule has 0 radical (unpaired) electrons. The molecule has 0 spiro atoms. The summed E-state index contributed by atoms with van der Waals surface area (Å²) in [5.74, 6) is -0.712. The summed E-state index contributed by atoms with van der Waals surface area (Å²) in [5, 5.41) is 26.8. The van der Waals surface area contributed by atoms with E-state index >= 15 is 0 Å². The van der Waals surface area contributed by atoms with E-state index in [4.69, 9.17) is 10.2 Å². The van der Waals surface area contributed by atoms with Crippen molar-refractivity contribution < 1.29 is 28.3 Å². The third kappa shape index (κ3) is 10.5. The van der Waals surface area contributed by atoms with E-state index < -0.39 is 34.1 Å². The summed E-state index contributed by atoms with van der Waals surface area (Å²) in [6.07, 6.45) is 2.44.